The van der Waals surface area contributed by atoms with E-state index in [-0.39, 0.29) is 6.03 Å². The fraction of sp³-hybridized carbons (Fsp3) is 0.222. The number of carbonyl (C=O) groups is 1. The Morgan fingerprint density at radius 1 is 1.14 bits per heavy atom. The van der Waals surface area contributed by atoms with Crippen LogP contribution in [0.15, 0.2) is 54.6 Å². The molecular weight excluding hydrogens is 274 g/mol. The number of hydrogen-bond donors (Lipinski definition) is 1. The number of rotatable bonds is 4. The van der Waals surface area contributed by atoms with E-state index in [2.05, 4.69) is 11.4 Å². The van der Waals surface area contributed by atoms with E-state index in [4.69, 9.17) is 5.26 Å². The van der Waals surface area contributed by atoms with Crippen LogP contribution < -0.4 is 5.32 Å². The van der Waals surface area contributed by atoms with Gasteiger partial charge in [0.1, 0.15) is 0 Å². The molecule has 1 fully saturated rings. The maximum Gasteiger partial charge on any atom is 0.322 e. The number of carbonyl (C=O) groups excluding carboxylic acids is 1. The Morgan fingerprint density at radius 2 is 1.82 bits per heavy atom. The Labute approximate surface area is 130 Å². The number of amides is 2. The molecule has 2 amide bonds. The standard InChI is InChI=1S/C18H17N3O/c19-12-14-6-8-16(9-7-14)20-18(22)21(17-10-11-17)13-15-4-2-1-3-5-15/h1-9,17H,10-11,13H2,(H,20,22). The summed E-state index contributed by atoms with van der Waals surface area (Å²) in [5.74, 6) is 0. The second kappa shape index (κ2) is 6.31. The van der Waals surface area contributed by atoms with Gasteiger partial charge in [-0.1, -0.05) is 30.3 Å². The van der Waals surface area contributed by atoms with Crippen molar-refractivity contribution in [1.29, 1.82) is 5.26 Å². The first-order chi connectivity index (χ1) is 10.8. The molecule has 2 aromatic rings. The third-order valence-electron chi connectivity index (χ3n) is 3.71. The SMILES string of the molecule is N#Cc1ccc(NC(=O)N(Cc2ccccc2)C2CC2)cc1. The number of anilines is 1. The Balaban J connectivity index is 1.68. The fourth-order valence-corrected chi connectivity index (χ4v) is 2.36. The summed E-state index contributed by atoms with van der Waals surface area (Å²) in [6.45, 7) is 0.619. The van der Waals surface area contributed by atoms with Crippen molar-refractivity contribution >= 4 is 11.7 Å². The molecule has 4 heteroatoms. The van der Waals surface area contributed by atoms with E-state index in [1.54, 1.807) is 24.3 Å². The minimum absolute atomic E-state index is 0.0870. The molecule has 0 radical (unpaired) electrons. The van der Waals surface area contributed by atoms with Crippen LogP contribution in [0.3, 0.4) is 0 Å². The van der Waals surface area contributed by atoms with Gasteiger partial charge < -0.3 is 10.2 Å². The smallest absolute Gasteiger partial charge is 0.317 e. The van der Waals surface area contributed by atoms with Crippen molar-refractivity contribution in [1.82, 2.24) is 4.90 Å². The maximum atomic E-state index is 12.5. The lowest BCUT2D eigenvalue weighted by Crippen LogP contribution is -2.36. The van der Waals surface area contributed by atoms with Crippen LogP contribution >= 0.6 is 0 Å². The molecule has 0 bridgehead atoms. The summed E-state index contributed by atoms with van der Waals surface area (Å²) in [6, 6.07) is 19.2. The zero-order chi connectivity index (χ0) is 15.4. The van der Waals surface area contributed by atoms with Crippen molar-refractivity contribution in [2.24, 2.45) is 0 Å². The molecule has 0 spiro atoms. The zero-order valence-corrected chi connectivity index (χ0v) is 12.2. The third-order valence-corrected chi connectivity index (χ3v) is 3.71. The van der Waals surface area contributed by atoms with Crippen LogP contribution in [0.5, 0.6) is 0 Å². The van der Waals surface area contributed by atoms with Gasteiger partial charge in [0.25, 0.3) is 0 Å². The lowest BCUT2D eigenvalue weighted by atomic mass is 10.2. The molecule has 0 saturated heterocycles. The molecule has 0 aliphatic heterocycles. The van der Waals surface area contributed by atoms with Crippen LogP contribution in [0.4, 0.5) is 10.5 Å². The Kier molecular flexibility index (Phi) is 4.06. The summed E-state index contributed by atoms with van der Waals surface area (Å²) in [5.41, 5.74) is 2.42. The van der Waals surface area contributed by atoms with Gasteiger partial charge in [-0.15, -0.1) is 0 Å². The summed E-state index contributed by atoms with van der Waals surface area (Å²) in [7, 11) is 0. The third kappa shape index (κ3) is 3.44. The molecule has 1 N–H and O–H groups in total. The van der Waals surface area contributed by atoms with Crippen LogP contribution in [0, 0.1) is 11.3 Å². The topological polar surface area (TPSA) is 56.1 Å². The second-order valence-electron chi connectivity index (χ2n) is 5.46. The monoisotopic (exact) mass is 291 g/mol. The first-order valence-corrected chi connectivity index (χ1v) is 7.38. The summed E-state index contributed by atoms with van der Waals surface area (Å²) >= 11 is 0. The van der Waals surface area contributed by atoms with Crippen molar-refractivity contribution < 1.29 is 4.79 Å². The molecule has 0 aromatic heterocycles. The van der Waals surface area contributed by atoms with Gasteiger partial charge in [0.15, 0.2) is 0 Å². The van der Waals surface area contributed by atoms with E-state index >= 15 is 0 Å². The van der Waals surface area contributed by atoms with Crippen LogP contribution in [-0.2, 0) is 6.54 Å². The van der Waals surface area contributed by atoms with E-state index in [0.717, 1.165) is 18.4 Å². The molecule has 4 nitrogen and oxygen atoms in total. The molecule has 3 rings (SSSR count). The Hall–Kier alpha value is -2.80. The maximum absolute atomic E-state index is 12.5. The highest BCUT2D eigenvalue weighted by Gasteiger charge is 2.32. The zero-order valence-electron chi connectivity index (χ0n) is 12.2. The van der Waals surface area contributed by atoms with Gasteiger partial charge in [-0.3, -0.25) is 0 Å². The van der Waals surface area contributed by atoms with Crippen LogP contribution in [-0.4, -0.2) is 17.0 Å². The lowest BCUT2D eigenvalue weighted by molar-refractivity contribution is 0.206. The van der Waals surface area contributed by atoms with Gasteiger partial charge in [-0.2, -0.15) is 5.26 Å². The van der Waals surface area contributed by atoms with Gasteiger partial charge in [0, 0.05) is 18.3 Å². The fourth-order valence-electron chi connectivity index (χ4n) is 2.36. The largest absolute Gasteiger partial charge is 0.322 e. The molecule has 2 aromatic carbocycles. The quantitative estimate of drug-likeness (QED) is 0.932. The Morgan fingerprint density at radius 3 is 2.41 bits per heavy atom. The number of nitrogens with one attached hydrogen (secondary N) is 1. The summed E-state index contributed by atoms with van der Waals surface area (Å²) in [5, 5.41) is 11.7. The van der Waals surface area contributed by atoms with Gasteiger partial charge in [0.05, 0.1) is 11.6 Å². The van der Waals surface area contributed by atoms with E-state index in [1.165, 1.54) is 0 Å². The molecular formula is C18H17N3O. The first-order valence-electron chi connectivity index (χ1n) is 7.38. The molecule has 0 heterocycles. The highest BCUT2D eigenvalue weighted by molar-refractivity contribution is 5.89. The first kappa shape index (κ1) is 14.2. The molecule has 1 aliphatic rings. The number of nitrogens with zero attached hydrogens (tertiary/aromatic N) is 2. The van der Waals surface area contributed by atoms with E-state index in [9.17, 15) is 4.79 Å². The summed E-state index contributed by atoms with van der Waals surface area (Å²) in [6.07, 6.45) is 2.13. The van der Waals surface area contributed by atoms with Crippen molar-refractivity contribution in [2.75, 3.05) is 5.32 Å². The van der Waals surface area contributed by atoms with Crippen LogP contribution in [0.1, 0.15) is 24.0 Å². The van der Waals surface area contributed by atoms with Crippen molar-refractivity contribution in [3.05, 3.63) is 65.7 Å². The average Bonchev–Trinajstić information content (AvgIpc) is 3.39. The lowest BCUT2D eigenvalue weighted by Gasteiger charge is -2.23. The number of urea groups is 1. The molecule has 1 saturated carbocycles. The predicted octanol–water partition coefficient (Wildman–Crippen LogP) is 3.75. The molecule has 0 atom stereocenters. The Bertz CT molecular complexity index is 685. The van der Waals surface area contributed by atoms with E-state index in [0.29, 0.717) is 23.8 Å². The average molecular weight is 291 g/mol. The molecule has 110 valence electrons. The van der Waals surface area contributed by atoms with Gasteiger partial charge in [-0.25, -0.2) is 4.79 Å². The summed E-state index contributed by atoms with van der Waals surface area (Å²) in [4.78, 5) is 14.4. The van der Waals surface area contributed by atoms with Gasteiger partial charge in [0.2, 0.25) is 0 Å². The van der Waals surface area contributed by atoms with Crippen molar-refractivity contribution in [2.45, 2.75) is 25.4 Å². The summed E-state index contributed by atoms with van der Waals surface area (Å²) < 4.78 is 0. The molecule has 0 unspecified atom stereocenters. The van der Waals surface area contributed by atoms with Gasteiger partial charge >= 0.3 is 6.03 Å². The van der Waals surface area contributed by atoms with Crippen LogP contribution in [0.2, 0.25) is 0 Å². The van der Waals surface area contributed by atoms with Gasteiger partial charge in [-0.05, 0) is 42.7 Å². The highest BCUT2D eigenvalue weighted by Crippen LogP contribution is 2.29. The van der Waals surface area contributed by atoms with Crippen molar-refractivity contribution in [3.63, 3.8) is 0 Å². The van der Waals surface area contributed by atoms with Crippen LogP contribution in [0.25, 0.3) is 0 Å². The van der Waals surface area contributed by atoms with E-state index in [1.807, 2.05) is 35.2 Å². The number of hydrogen-bond acceptors (Lipinski definition) is 2. The minimum Gasteiger partial charge on any atom is -0.317 e. The number of nitriles is 1. The predicted molar refractivity (Wildman–Crippen MR) is 85.2 cm³/mol. The van der Waals surface area contributed by atoms with Crippen molar-refractivity contribution in [3.8, 4) is 6.07 Å². The minimum atomic E-state index is -0.0870. The second-order valence-corrected chi connectivity index (χ2v) is 5.46. The normalized spacial score (nSPS) is 13.2. The molecule has 22 heavy (non-hydrogen) atoms. The number of benzene rings is 2. The molecule has 1 aliphatic carbocycles. The highest BCUT2D eigenvalue weighted by atomic mass is 16.2. The van der Waals surface area contributed by atoms with E-state index < -0.39 is 0 Å².